The Morgan fingerprint density at radius 2 is 2.21 bits per heavy atom. The highest BCUT2D eigenvalue weighted by Crippen LogP contribution is 2.28. The largest absolute Gasteiger partial charge is 0.494 e. The second-order valence-electron chi connectivity index (χ2n) is 4.33. The predicted molar refractivity (Wildman–Crippen MR) is 78.6 cm³/mol. The molecule has 4 nitrogen and oxygen atoms in total. The highest BCUT2D eigenvalue weighted by atomic mass is 32.1. The zero-order valence-electron chi connectivity index (χ0n) is 11.5. The van der Waals surface area contributed by atoms with Crippen molar-refractivity contribution in [3.05, 3.63) is 29.3 Å². The lowest BCUT2D eigenvalue weighted by molar-refractivity contribution is 0.317. The molecule has 0 fully saturated rings. The number of ether oxygens (including phenoxy) is 1. The van der Waals surface area contributed by atoms with Crippen LogP contribution in [-0.4, -0.2) is 23.9 Å². The summed E-state index contributed by atoms with van der Waals surface area (Å²) in [6, 6.07) is 8.24. The third-order valence-electron chi connectivity index (χ3n) is 2.80. The highest BCUT2D eigenvalue weighted by molar-refractivity contribution is 7.14. The molecular weight excluding hydrogens is 258 g/mol. The van der Waals surface area contributed by atoms with Gasteiger partial charge in [-0.15, -0.1) is 10.2 Å². The topological polar surface area (TPSA) is 47.0 Å². The van der Waals surface area contributed by atoms with Crippen LogP contribution in [0.3, 0.4) is 0 Å². The first-order valence-electron chi connectivity index (χ1n) is 6.48. The number of benzene rings is 1. The van der Waals surface area contributed by atoms with E-state index in [-0.39, 0.29) is 6.04 Å². The van der Waals surface area contributed by atoms with E-state index in [1.165, 1.54) is 0 Å². The van der Waals surface area contributed by atoms with E-state index < -0.39 is 0 Å². The van der Waals surface area contributed by atoms with Gasteiger partial charge in [0, 0.05) is 5.56 Å². The average Bonchev–Trinajstić information content (AvgIpc) is 2.94. The van der Waals surface area contributed by atoms with Gasteiger partial charge in [-0.05, 0) is 32.5 Å². The Labute approximate surface area is 117 Å². The maximum Gasteiger partial charge on any atom is 0.147 e. The van der Waals surface area contributed by atoms with Crippen LogP contribution >= 0.6 is 11.3 Å². The van der Waals surface area contributed by atoms with E-state index >= 15 is 0 Å². The van der Waals surface area contributed by atoms with Crippen LogP contribution in [0.2, 0.25) is 0 Å². The number of hydrogen-bond acceptors (Lipinski definition) is 5. The average molecular weight is 277 g/mol. The first-order chi connectivity index (χ1) is 9.24. The molecule has 2 rings (SSSR count). The molecule has 1 unspecified atom stereocenters. The predicted octanol–water partition coefficient (Wildman–Crippen LogP) is 3.27. The number of aromatic nitrogens is 2. The lowest BCUT2D eigenvalue weighted by Crippen LogP contribution is -2.11. The van der Waals surface area contributed by atoms with E-state index in [1.54, 1.807) is 11.3 Å². The van der Waals surface area contributed by atoms with Crippen molar-refractivity contribution in [3.8, 4) is 16.3 Å². The number of hydrogen-bond donors (Lipinski definition) is 1. The van der Waals surface area contributed by atoms with Crippen molar-refractivity contribution < 1.29 is 4.74 Å². The van der Waals surface area contributed by atoms with Crippen molar-refractivity contribution in [2.24, 2.45) is 0 Å². The third kappa shape index (κ3) is 3.52. The van der Waals surface area contributed by atoms with Crippen LogP contribution in [0.25, 0.3) is 10.6 Å². The van der Waals surface area contributed by atoms with Crippen molar-refractivity contribution in [3.63, 3.8) is 0 Å². The molecule has 1 N–H and O–H groups in total. The van der Waals surface area contributed by atoms with Crippen molar-refractivity contribution in [1.29, 1.82) is 0 Å². The molecule has 0 saturated heterocycles. The molecule has 102 valence electrons. The summed E-state index contributed by atoms with van der Waals surface area (Å²) >= 11 is 1.61. The summed E-state index contributed by atoms with van der Waals surface area (Å²) in [7, 11) is 1.92. The van der Waals surface area contributed by atoms with Gasteiger partial charge in [0.15, 0.2) is 0 Å². The minimum Gasteiger partial charge on any atom is -0.494 e. The van der Waals surface area contributed by atoms with Gasteiger partial charge in [0.05, 0.1) is 12.6 Å². The zero-order chi connectivity index (χ0) is 13.7. The minimum absolute atomic E-state index is 0.228. The molecule has 19 heavy (non-hydrogen) atoms. The zero-order valence-corrected chi connectivity index (χ0v) is 12.3. The monoisotopic (exact) mass is 277 g/mol. The fourth-order valence-electron chi connectivity index (χ4n) is 1.59. The van der Waals surface area contributed by atoms with Gasteiger partial charge in [-0.25, -0.2) is 0 Å². The van der Waals surface area contributed by atoms with E-state index in [0.29, 0.717) is 0 Å². The lowest BCUT2D eigenvalue weighted by atomic mass is 10.2. The van der Waals surface area contributed by atoms with Gasteiger partial charge in [-0.2, -0.15) is 0 Å². The maximum atomic E-state index is 5.64. The fourth-order valence-corrected chi connectivity index (χ4v) is 2.49. The second kappa shape index (κ2) is 6.63. The maximum absolute atomic E-state index is 5.64. The van der Waals surface area contributed by atoms with E-state index in [2.05, 4.69) is 29.4 Å². The number of rotatable bonds is 6. The molecule has 0 aliphatic rings. The summed E-state index contributed by atoms with van der Waals surface area (Å²) in [5.41, 5.74) is 1.06. The normalized spacial score (nSPS) is 12.4. The van der Waals surface area contributed by atoms with Gasteiger partial charge in [-0.3, -0.25) is 0 Å². The SMILES string of the molecule is CCCOc1cccc(-c2nnc(C(C)NC)s2)c1. The summed E-state index contributed by atoms with van der Waals surface area (Å²) in [6.45, 7) is 4.91. The molecular formula is C14H19N3OS. The van der Waals surface area contributed by atoms with Crippen LogP contribution in [0.4, 0.5) is 0 Å². The standard InChI is InChI=1S/C14H19N3OS/c1-4-8-18-12-7-5-6-11(9-12)14-17-16-13(19-14)10(2)15-3/h5-7,9-10,15H,4,8H2,1-3H3. The first-order valence-corrected chi connectivity index (χ1v) is 7.30. The Balaban J connectivity index is 2.19. The van der Waals surface area contributed by atoms with E-state index in [1.807, 2.05) is 31.3 Å². The molecule has 1 aromatic heterocycles. The second-order valence-corrected chi connectivity index (χ2v) is 5.34. The van der Waals surface area contributed by atoms with Crippen LogP contribution in [0.1, 0.15) is 31.3 Å². The van der Waals surface area contributed by atoms with Crippen molar-refractivity contribution in [2.45, 2.75) is 26.3 Å². The smallest absolute Gasteiger partial charge is 0.147 e. The fraction of sp³-hybridized carbons (Fsp3) is 0.429. The molecule has 0 spiro atoms. The molecule has 0 amide bonds. The Hall–Kier alpha value is -1.46. The minimum atomic E-state index is 0.228. The number of nitrogens with one attached hydrogen (secondary N) is 1. The van der Waals surface area contributed by atoms with E-state index in [4.69, 9.17) is 4.74 Å². The Kier molecular flexibility index (Phi) is 4.87. The lowest BCUT2D eigenvalue weighted by Gasteiger charge is -2.05. The summed E-state index contributed by atoms with van der Waals surface area (Å²) in [4.78, 5) is 0. The Morgan fingerprint density at radius 1 is 1.37 bits per heavy atom. The molecule has 1 heterocycles. The molecule has 0 saturated carbocycles. The summed E-state index contributed by atoms with van der Waals surface area (Å²) in [5, 5.41) is 13.6. The van der Waals surface area contributed by atoms with Gasteiger partial charge < -0.3 is 10.1 Å². The van der Waals surface area contributed by atoms with Gasteiger partial charge in [0.2, 0.25) is 0 Å². The van der Waals surface area contributed by atoms with Crippen molar-refractivity contribution in [1.82, 2.24) is 15.5 Å². The molecule has 0 aliphatic heterocycles. The van der Waals surface area contributed by atoms with Crippen LogP contribution in [0.15, 0.2) is 24.3 Å². The summed E-state index contributed by atoms with van der Waals surface area (Å²) in [5.74, 6) is 0.887. The molecule has 0 aliphatic carbocycles. The Bertz CT molecular complexity index is 527. The van der Waals surface area contributed by atoms with Crippen molar-refractivity contribution >= 4 is 11.3 Å². The van der Waals surface area contributed by atoms with Gasteiger partial charge >= 0.3 is 0 Å². The van der Waals surface area contributed by atoms with Gasteiger partial charge in [0.25, 0.3) is 0 Å². The van der Waals surface area contributed by atoms with Gasteiger partial charge in [0.1, 0.15) is 15.8 Å². The summed E-state index contributed by atoms with van der Waals surface area (Å²) < 4.78 is 5.64. The van der Waals surface area contributed by atoms with Crippen LogP contribution < -0.4 is 10.1 Å². The summed E-state index contributed by atoms with van der Waals surface area (Å²) in [6.07, 6.45) is 1.01. The van der Waals surface area contributed by atoms with Gasteiger partial charge in [-0.1, -0.05) is 30.4 Å². The van der Waals surface area contributed by atoms with Crippen LogP contribution in [0.5, 0.6) is 5.75 Å². The van der Waals surface area contributed by atoms with E-state index in [0.717, 1.165) is 34.4 Å². The third-order valence-corrected chi connectivity index (χ3v) is 3.95. The molecule has 1 aromatic carbocycles. The molecule has 0 radical (unpaired) electrons. The Morgan fingerprint density at radius 3 is 2.95 bits per heavy atom. The van der Waals surface area contributed by atoms with Crippen molar-refractivity contribution in [2.75, 3.05) is 13.7 Å². The quantitative estimate of drug-likeness (QED) is 0.880. The highest BCUT2D eigenvalue weighted by Gasteiger charge is 2.11. The molecule has 0 bridgehead atoms. The van der Waals surface area contributed by atoms with E-state index in [9.17, 15) is 0 Å². The molecule has 5 heteroatoms. The first kappa shape index (κ1) is 14.0. The van der Waals surface area contributed by atoms with Crippen LogP contribution in [-0.2, 0) is 0 Å². The number of nitrogens with zero attached hydrogens (tertiary/aromatic N) is 2. The van der Waals surface area contributed by atoms with Crippen LogP contribution in [0, 0.1) is 0 Å². The molecule has 1 atom stereocenters. The molecule has 2 aromatic rings.